The summed E-state index contributed by atoms with van der Waals surface area (Å²) in [5.74, 6) is 0.792. The van der Waals surface area contributed by atoms with Gasteiger partial charge in [0.15, 0.2) is 0 Å². The number of nitrogens with zero attached hydrogens (tertiary/aromatic N) is 2. The SMILES string of the molecule is COCCNc1nc(C)cn1CCNC(C)=O. The molecule has 0 aromatic carbocycles. The summed E-state index contributed by atoms with van der Waals surface area (Å²) >= 11 is 0. The van der Waals surface area contributed by atoms with E-state index in [1.165, 1.54) is 6.92 Å². The summed E-state index contributed by atoms with van der Waals surface area (Å²) in [6.45, 7) is 6.11. The van der Waals surface area contributed by atoms with Crippen LogP contribution in [0.3, 0.4) is 0 Å². The third kappa shape index (κ3) is 4.86. The monoisotopic (exact) mass is 240 g/mol. The van der Waals surface area contributed by atoms with Crippen molar-refractivity contribution in [3.63, 3.8) is 0 Å². The molecule has 96 valence electrons. The molecule has 0 fully saturated rings. The van der Waals surface area contributed by atoms with E-state index in [0.717, 1.165) is 11.6 Å². The molecule has 0 saturated heterocycles. The Balaban J connectivity index is 2.48. The minimum Gasteiger partial charge on any atom is -0.383 e. The fourth-order valence-electron chi connectivity index (χ4n) is 1.48. The lowest BCUT2D eigenvalue weighted by molar-refractivity contribution is -0.118. The van der Waals surface area contributed by atoms with Crippen LogP contribution in [0.1, 0.15) is 12.6 Å². The number of aryl methyl sites for hydroxylation is 1. The zero-order valence-corrected chi connectivity index (χ0v) is 10.6. The predicted molar refractivity (Wildman–Crippen MR) is 66.0 cm³/mol. The van der Waals surface area contributed by atoms with E-state index < -0.39 is 0 Å². The summed E-state index contributed by atoms with van der Waals surface area (Å²) in [6.07, 6.45) is 1.96. The molecular weight excluding hydrogens is 220 g/mol. The van der Waals surface area contributed by atoms with Crippen molar-refractivity contribution in [1.29, 1.82) is 0 Å². The average molecular weight is 240 g/mol. The Morgan fingerprint density at radius 1 is 1.53 bits per heavy atom. The number of carbonyl (C=O) groups excluding carboxylic acids is 1. The Morgan fingerprint density at radius 3 is 2.94 bits per heavy atom. The second-order valence-electron chi connectivity index (χ2n) is 3.80. The Labute approximate surface area is 101 Å². The second kappa shape index (κ2) is 6.90. The van der Waals surface area contributed by atoms with Crippen LogP contribution in [0.4, 0.5) is 5.95 Å². The van der Waals surface area contributed by atoms with E-state index >= 15 is 0 Å². The predicted octanol–water partition coefficient (Wildman–Crippen LogP) is 0.386. The highest BCUT2D eigenvalue weighted by atomic mass is 16.5. The van der Waals surface area contributed by atoms with Crippen LogP contribution < -0.4 is 10.6 Å². The van der Waals surface area contributed by atoms with E-state index in [2.05, 4.69) is 15.6 Å². The van der Waals surface area contributed by atoms with Crippen LogP contribution >= 0.6 is 0 Å². The quantitative estimate of drug-likeness (QED) is 0.676. The molecule has 0 radical (unpaired) electrons. The topological polar surface area (TPSA) is 68.2 Å². The van der Waals surface area contributed by atoms with E-state index in [9.17, 15) is 4.79 Å². The van der Waals surface area contributed by atoms with E-state index in [4.69, 9.17) is 4.74 Å². The molecule has 1 amide bonds. The van der Waals surface area contributed by atoms with Crippen LogP contribution in [0.5, 0.6) is 0 Å². The number of nitrogens with one attached hydrogen (secondary N) is 2. The number of carbonyl (C=O) groups is 1. The molecule has 0 bridgehead atoms. The highest BCUT2D eigenvalue weighted by Gasteiger charge is 2.04. The van der Waals surface area contributed by atoms with E-state index in [1.54, 1.807) is 7.11 Å². The minimum absolute atomic E-state index is 0.0178. The normalized spacial score (nSPS) is 10.3. The molecule has 1 heterocycles. The zero-order valence-electron chi connectivity index (χ0n) is 10.6. The molecule has 0 spiro atoms. The number of aromatic nitrogens is 2. The molecule has 0 saturated carbocycles. The average Bonchev–Trinajstić information content (AvgIpc) is 2.59. The van der Waals surface area contributed by atoms with Gasteiger partial charge in [-0.05, 0) is 6.92 Å². The molecule has 0 aliphatic rings. The number of rotatable bonds is 7. The lowest BCUT2D eigenvalue weighted by Gasteiger charge is -2.09. The Hall–Kier alpha value is -1.56. The van der Waals surface area contributed by atoms with Gasteiger partial charge in [-0.15, -0.1) is 0 Å². The molecule has 0 aliphatic heterocycles. The Morgan fingerprint density at radius 2 is 2.29 bits per heavy atom. The number of ether oxygens (including phenoxy) is 1. The highest BCUT2D eigenvalue weighted by Crippen LogP contribution is 2.07. The van der Waals surface area contributed by atoms with Gasteiger partial charge in [0, 0.05) is 39.9 Å². The second-order valence-corrected chi connectivity index (χ2v) is 3.80. The molecule has 1 aromatic heterocycles. The molecule has 1 aromatic rings. The van der Waals surface area contributed by atoms with Crippen molar-refractivity contribution < 1.29 is 9.53 Å². The van der Waals surface area contributed by atoms with Crippen molar-refractivity contribution in [3.05, 3.63) is 11.9 Å². The fraction of sp³-hybridized carbons (Fsp3) is 0.636. The van der Waals surface area contributed by atoms with Crippen LogP contribution in [0, 0.1) is 6.92 Å². The molecule has 0 atom stereocenters. The lowest BCUT2D eigenvalue weighted by Crippen LogP contribution is -2.25. The van der Waals surface area contributed by atoms with Crippen LogP contribution in [0.2, 0.25) is 0 Å². The maximum Gasteiger partial charge on any atom is 0.216 e. The standard InChI is InChI=1S/C11H20N4O2/c1-9-8-15(6-4-12-10(2)16)11(14-9)13-5-7-17-3/h8H,4-7H2,1-3H3,(H,12,16)(H,13,14). The smallest absolute Gasteiger partial charge is 0.216 e. The molecule has 17 heavy (non-hydrogen) atoms. The first kappa shape index (κ1) is 13.5. The van der Waals surface area contributed by atoms with Gasteiger partial charge in [0.05, 0.1) is 12.3 Å². The van der Waals surface area contributed by atoms with Gasteiger partial charge in [-0.2, -0.15) is 0 Å². The van der Waals surface area contributed by atoms with Gasteiger partial charge in [0.25, 0.3) is 0 Å². The third-order valence-electron chi connectivity index (χ3n) is 2.21. The summed E-state index contributed by atoms with van der Waals surface area (Å²) in [4.78, 5) is 15.1. The molecular formula is C11H20N4O2. The molecule has 2 N–H and O–H groups in total. The largest absolute Gasteiger partial charge is 0.383 e. The number of imidazole rings is 1. The molecule has 6 heteroatoms. The van der Waals surface area contributed by atoms with Gasteiger partial charge >= 0.3 is 0 Å². The lowest BCUT2D eigenvalue weighted by atomic mass is 10.5. The van der Waals surface area contributed by atoms with Crippen molar-refractivity contribution in [3.8, 4) is 0 Å². The fourth-order valence-corrected chi connectivity index (χ4v) is 1.48. The summed E-state index contributed by atoms with van der Waals surface area (Å²) < 4.78 is 6.95. The zero-order chi connectivity index (χ0) is 12.7. The van der Waals surface area contributed by atoms with Gasteiger partial charge in [-0.1, -0.05) is 0 Å². The minimum atomic E-state index is -0.0178. The van der Waals surface area contributed by atoms with Gasteiger partial charge in [-0.25, -0.2) is 4.98 Å². The van der Waals surface area contributed by atoms with Crippen LogP contribution in [-0.2, 0) is 16.1 Å². The summed E-state index contributed by atoms with van der Waals surface area (Å²) in [6, 6.07) is 0. The first-order chi connectivity index (χ1) is 8.13. The van der Waals surface area contributed by atoms with E-state index in [-0.39, 0.29) is 5.91 Å². The van der Waals surface area contributed by atoms with Gasteiger partial charge < -0.3 is 19.9 Å². The summed E-state index contributed by atoms with van der Waals surface area (Å²) in [7, 11) is 1.66. The first-order valence-corrected chi connectivity index (χ1v) is 5.64. The molecule has 1 rings (SSSR count). The Bertz CT molecular complexity index is 362. The maximum atomic E-state index is 10.8. The van der Waals surface area contributed by atoms with Crippen LogP contribution in [0.25, 0.3) is 0 Å². The summed E-state index contributed by atoms with van der Waals surface area (Å²) in [5, 5.41) is 5.95. The van der Waals surface area contributed by atoms with Crippen molar-refractivity contribution in [2.75, 3.05) is 32.1 Å². The molecule has 0 unspecified atom stereocenters. The number of hydrogen-bond acceptors (Lipinski definition) is 4. The van der Waals surface area contributed by atoms with Gasteiger partial charge in [-0.3, -0.25) is 4.79 Å². The number of hydrogen-bond donors (Lipinski definition) is 2. The molecule has 0 aliphatic carbocycles. The van der Waals surface area contributed by atoms with Crippen molar-refractivity contribution in [2.45, 2.75) is 20.4 Å². The van der Waals surface area contributed by atoms with E-state index in [0.29, 0.717) is 26.2 Å². The number of methoxy groups -OCH3 is 1. The van der Waals surface area contributed by atoms with Gasteiger partial charge in [0.1, 0.15) is 0 Å². The van der Waals surface area contributed by atoms with E-state index in [1.807, 2.05) is 17.7 Å². The van der Waals surface area contributed by atoms with Crippen LogP contribution in [0.15, 0.2) is 6.20 Å². The highest BCUT2D eigenvalue weighted by molar-refractivity contribution is 5.72. The van der Waals surface area contributed by atoms with Crippen molar-refractivity contribution >= 4 is 11.9 Å². The Kier molecular flexibility index (Phi) is 5.48. The van der Waals surface area contributed by atoms with Crippen molar-refractivity contribution in [1.82, 2.24) is 14.9 Å². The molecule has 6 nitrogen and oxygen atoms in total. The first-order valence-electron chi connectivity index (χ1n) is 5.64. The summed E-state index contributed by atoms with van der Waals surface area (Å²) in [5.41, 5.74) is 0.952. The number of amides is 1. The van der Waals surface area contributed by atoms with Crippen LogP contribution in [-0.4, -0.2) is 42.3 Å². The number of anilines is 1. The van der Waals surface area contributed by atoms with Gasteiger partial charge in [0.2, 0.25) is 11.9 Å². The third-order valence-corrected chi connectivity index (χ3v) is 2.21. The van der Waals surface area contributed by atoms with Crippen molar-refractivity contribution in [2.24, 2.45) is 0 Å². The maximum absolute atomic E-state index is 10.8.